The van der Waals surface area contributed by atoms with Gasteiger partial charge in [0.25, 0.3) is 5.69 Å². The van der Waals surface area contributed by atoms with E-state index >= 15 is 0 Å². The third-order valence-corrected chi connectivity index (χ3v) is 2.82. The fourth-order valence-electron chi connectivity index (χ4n) is 1.78. The Balaban J connectivity index is 2.18. The zero-order chi connectivity index (χ0) is 15.4. The molecule has 0 fully saturated rings. The maximum atomic E-state index is 13.4. The van der Waals surface area contributed by atoms with Gasteiger partial charge in [0.15, 0.2) is 11.6 Å². The number of anilines is 1. The summed E-state index contributed by atoms with van der Waals surface area (Å²) < 4.78 is 31.5. The molecule has 0 bridgehead atoms. The molecule has 21 heavy (non-hydrogen) atoms. The second kappa shape index (κ2) is 6.17. The molecular weight excluding hydrogens is 282 g/mol. The molecule has 0 aliphatic carbocycles. The number of nitrogens with zero attached hydrogens (tertiary/aromatic N) is 1. The van der Waals surface area contributed by atoms with Gasteiger partial charge in [0.1, 0.15) is 18.1 Å². The minimum Gasteiger partial charge on any atom is -0.486 e. The lowest BCUT2D eigenvalue weighted by Crippen LogP contribution is -2.01. The van der Waals surface area contributed by atoms with E-state index in [4.69, 9.17) is 4.74 Å². The summed E-state index contributed by atoms with van der Waals surface area (Å²) in [5.41, 5.74) is 0.725. The molecule has 2 aromatic rings. The highest BCUT2D eigenvalue weighted by atomic mass is 19.1. The third-order valence-electron chi connectivity index (χ3n) is 2.82. The number of hydrogen-bond acceptors (Lipinski definition) is 4. The van der Waals surface area contributed by atoms with E-state index in [-0.39, 0.29) is 18.0 Å². The topological polar surface area (TPSA) is 64.4 Å². The highest BCUT2D eigenvalue weighted by Gasteiger charge is 2.14. The van der Waals surface area contributed by atoms with Gasteiger partial charge in [-0.1, -0.05) is 6.07 Å². The highest BCUT2D eigenvalue weighted by molar-refractivity contribution is 5.62. The summed E-state index contributed by atoms with van der Waals surface area (Å²) in [4.78, 5) is 10.4. The maximum absolute atomic E-state index is 13.4. The van der Waals surface area contributed by atoms with Gasteiger partial charge in [-0.05, 0) is 23.8 Å². The molecule has 0 aromatic heterocycles. The van der Waals surface area contributed by atoms with Crippen molar-refractivity contribution < 1.29 is 18.4 Å². The lowest BCUT2D eigenvalue weighted by atomic mass is 10.2. The van der Waals surface area contributed by atoms with Crippen molar-refractivity contribution in [2.45, 2.75) is 6.61 Å². The molecule has 0 aliphatic heterocycles. The van der Waals surface area contributed by atoms with E-state index in [1.54, 1.807) is 13.1 Å². The number of ether oxygens (including phenoxy) is 1. The fourth-order valence-corrected chi connectivity index (χ4v) is 1.78. The molecule has 0 unspecified atom stereocenters. The Hall–Kier alpha value is -2.70. The van der Waals surface area contributed by atoms with Crippen molar-refractivity contribution in [3.05, 3.63) is 63.7 Å². The average Bonchev–Trinajstić information content (AvgIpc) is 2.47. The Kier molecular flexibility index (Phi) is 4.32. The molecule has 0 atom stereocenters. The first-order valence-electron chi connectivity index (χ1n) is 6.04. The molecule has 1 N–H and O–H groups in total. The van der Waals surface area contributed by atoms with Crippen LogP contribution in [0.2, 0.25) is 0 Å². The first kappa shape index (κ1) is 14.7. The molecule has 110 valence electrons. The molecule has 0 amide bonds. The molecule has 2 aromatic carbocycles. The van der Waals surface area contributed by atoms with Crippen LogP contribution in [-0.2, 0) is 6.61 Å². The number of hydrogen-bond donors (Lipinski definition) is 1. The predicted molar refractivity (Wildman–Crippen MR) is 73.3 cm³/mol. The standard InChI is InChI=1S/C14H12F2N2O3/c1-17-12-5-2-9(6-13(12)18(19)20)8-21-14-7-10(15)3-4-11(14)16/h2-7,17H,8H2,1H3. The quantitative estimate of drug-likeness (QED) is 0.677. The second-order valence-corrected chi connectivity index (χ2v) is 4.22. The summed E-state index contributed by atoms with van der Waals surface area (Å²) in [7, 11) is 1.57. The number of nitro groups is 1. The Morgan fingerprint density at radius 3 is 2.67 bits per heavy atom. The molecule has 0 radical (unpaired) electrons. The van der Waals surface area contributed by atoms with Crippen molar-refractivity contribution in [1.82, 2.24) is 0 Å². The first-order valence-corrected chi connectivity index (χ1v) is 6.04. The van der Waals surface area contributed by atoms with Gasteiger partial charge < -0.3 is 10.1 Å². The van der Waals surface area contributed by atoms with Crippen LogP contribution in [-0.4, -0.2) is 12.0 Å². The lowest BCUT2D eigenvalue weighted by Gasteiger charge is -2.08. The molecule has 5 nitrogen and oxygen atoms in total. The van der Waals surface area contributed by atoms with Crippen LogP contribution >= 0.6 is 0 Å². The van der Waals surface area contributed by atoms with Crippen molar-refractivity contribution in [2.24, 2.45) is 0 Å². The lowest BCUT2D eigenvalue weighted by molar-refractivity contribution is -0.384. The number of rotatable bonds is 5. The van der Waals surface area contributed by atoms with E-state index in [0.717, 1.165) is 18.2 Å². The zero-order valence-corrected chi connectivity index (χ0v) is 11.1. The van der Waals surface area contributed by atoms with Crippen LogP contribution in [0.15, 0.2) is 36.4 Å². The molecule has 0 aliphatic rings. The number of benzene rings is 2. The Morgan fingerprint density at radius 2 is 2.00 bits per heavy atom. The van der Waals surface area contributed by atoms with Crippen LogP contribution in [0.25, 0.3) is 0 Å². The fraction of sp³-hybridized carbons (Fsp3) is 0.143. The van der Waals surface area contributed by atoms with E-state index in [1.807, 2.05) is 0 Å². The third kappa shape index (κ3) is 3.44. The van der Waals surface area contributed by atoms with E-state index in [0.29, 0.717) is 11.3 Å². The second-order valence-electron chi connectivity index (χ2n) is 4.22. The van der Waals surface area contributed by atoms with Gasteiger partial charge >= 0.3 is 0 Å². The van der Waals surface area contributed by atoms with Crippen LogP contribution in [0, 0.1) is 21.7 Å². The van der Waals surface area contributed by atoms with E-state index < -0.39 is 16.6 Å². The van der Waals surface area contributed by atoms with E-state index in [1.165, 1.54) is 12.1 Å². The van der Waals surface area contributed by atoms with Gasteiger partial charge in [-0.25, -0.2) is 8.78 Å². The van der Waals surface area contributed by atoms with Gasteiger partial charge in [0.05, 0.1) is 4.92 Å². The zero-order valence-electron chi connectivity index (χ0n) is 11.1. The summed E-state index contributed by atoms with van der Waals surface area (Å²) in [5.74, 6) is -1.56. The summed E-state index contributed by atoms with van der Waals surface area (Å²) in [6, 6.07) is 7.31. The van der Waals surface area contributed by atoms with Crippen LogP contribution < -0.4 is 10.1 Å². The van der Waals surface area contributed by atoms with Gasteiger partial charge in [-0.15, -0.1) is 0 Å². The van der Waals surface area contributed by atoms with Crippen molar-refractivity contribution in [1.29, 1.82) is 0 Å². The van der Waals surface area contributed by atoms with Crippen molar-refractivity contribution >= 4 is 11.4 Å². The molecule has 0 heterocycles. The molecule has 7 heteroatoms. The van der Waals surface area contributed by atoms with E-state index in [9.17, 15) is 18.9 Å². The minimum absolute atomic E-state index is 0.106. The molecular formula is C14H12F2N2O3. The summed E-state index contributed by atoms with van der Waals surface area (Å²) >= 11 is 0. The van der Waals surface area contributed by atoms with Crippen molar-refractivity contribution in [2.75, 3.05) is 12.4 Å². The molecule has 0 saturated heterocycles. The number of halogens is 2. The summed E-state index contributed by atoms with van der Waals surface area (Å²) in [6.07, 6.45) is 0. The Bertz CT molecular complexity index is 677. The Labute approximate surface area is 119 Å². The largest absolute Gasteiger partial charge is 0.486 e. The molecule has 0 saturated carbocycles. The van der Waals surface area contributed by atoms with Crippen LogP contribution in [0.4, 0.5) is 20.2 Å². The van der Waals surface area contributed by atoms with Crippen LogP contribution in [0.3, 0.4) is 0 Å². The van der Waals surface area contributed by atoms with E-state index in [2.05, 4.69) is 5.32 Å². The normalized spacial score (nSPS) is 10.2. The van der Waals surface area contributed by atoms with Gasteiger partial charge in [0, 0.05) is 19.2 Å². The summed E-state index contributed by atoms with van der Waals surface area (Å²) in [5, 5.41) is 13.6. The molecule has 0 spiro atoms. The van der Waals surface area contributed by atoms with Crippen molar-refractivity contribution in [3.63, 3.8) is 0 Å². The predicted octanol–water partition coefficient (Wildman–Crippen LogP) is 3.49. The minimum atomic E-state index is -0.697. The van der Waals surface area contributed by atoms with Crippen LogP contribution in [0.5, 0.6) is 5.75 Å². The van der Waals surface area contributed by atoms with Gasteiger partial charge in [0.2, 0.25) is 0 Å². The highest BCUT2D eigenvalue weighted by Crippen LogP contribution is 2.26. The number of nitro benzene ring substituents is 1. The van der Waals surface area contributed by atoms with Gasteiger partial charge in [-0.2, -0.15) is 0 Å². The smallest absolute Gasteiger partial charge is 0.292 e. The SMILES string of the molecule is CNc1ccc(COc2cc(F)ccc2F)cc1[N+](=O)[O-]. The first-order chi connectivity index (χ1) is 10.0. The van der Waals surface area contributed by atoms with Crippen molar-refractivity contribution in [3.8, 4) is 5.75 Å². The van der Waals surface area contributed by atoms with Gasteiger partial charge in [-0.3, -0.25) is 10.1 Å². The van der Waals surface area contributed by atoms with Crippen LogP contribution in [0.1, 0.15) is 5.56 Å². The Morgan fingerprint density at radius 1 is 1.24 bits per heavy atom. The number of nitrogens with one attached hydrogen (secondary N) is 1. The monoisotopic (exact) mass is 294 g/mol. The molecule has 2 rings (SSSR count). The average molecular weight is 294 g/mol. The maximum Gasteiger partial charge on any atom is 0.292 e. The summed E-state index contributed by atoms with van der Waals surface area (Å²) in [6.45, 7) is -0.106.